The summed E-state index contributed by atoms with van der Waals surface area (Å²) in [5.74, 6) is 0.216. The Morgan fingerprint density at radius 1 is 1.06 bits per heavy atom. The van der Waals surface area contributed by atoms with Gasteiger partial charge in [0.2, 0.25) is 0 Å². The summed E-state index contributed by atoms with van der Waals surface area (Å²) in [5.41, 5.74) is 1.74. The summed E-state index contributed by atoms with van der Waals surface area (Å²) in [5, 5.41) is 9.66. The molecule has 0 saturated heterocycles. The number of carbonyl (C=O) groups is 1. The van der Waals surface area contributed by atoms with Crippen molar-refractivity contribution in [3.63, 3.8) is 0 Å². The molecular weight excluding hydrogens is 248 g/mol. The maximum Gasteiger partial charge on any atom is 0.141 e. The van der Waals surface area contributed by atoms with Crippen molar-refractivity contribution in [2.75, 3.05) is 0 Å². The summed E-state index contributed by atoms with van der Waals surface area (Å²) in [6.45, 7) is 0. The van der Waals surface area contributed by atoms with E-state index in [2.05, 4.69) is 0 Å². The van der Waals surface area contributed by atoms with Crippen LogP contribution in [0.5, 0.6) is 5.75 Å². The maximum atomic E-state index is 11.9. The van der Waals surface area contributed by atoms with Crippen molar-refractivity contribution in [3.8, 4) is 5.75 Å². The number of ketones is 1. The Labute approximate surface area is 111 Å². The first kappa shape index (κ1) is 12.7. The Morgan fingerprint density at radius 3 is 2.44 bits per heavy atom. The van der Waals surface area contributed by atoms with E-state index in [9.17, 15) is 9.90 Å². The van der Waals surface area contributed by atoms with Crippen molar-refractivity contribution < 1.29 is 9.90 Å². The Kier molecular flexibility index (Phi) is 4.00. The number of hydrogen-bond acceptors (Lipinski definition) is 2. The topological polar surface area (TPSA) is 37.3 Å². The Balaban J connectivity index is 2.03. The minimum atomic E-state index is 0.105. The second kappa shape index (κ2) is 5.69. The third-order valence-corrected chi connectivity index (χ3v) is 3.02. The monoisotopic (exact) mass is 260 g/mol. The maximum absolute atomic E-state index is 11.9. The van der Waals surface area contributed by atoms with Crippen LogP contribution >= 0.6 is 11.6 Å². The molecule has 92 valence electrons. The highest BCUT2D eigenvalue weighted by Gasteiger charge is 2.08. The highest BCUT2D eigenvalue weighted by atomic mass is 35.5. The van der Waals surface area contributed by atoms with Gasteiger partial charge in [-0.05, 0) is 23.3 Å². The number of Topliss-reactive ketones (excluding diaryl/α,β-unsaturated/α-hetero) is 1. The molecule has 0 spiro atoms. The molecule has 2 aromatic carbocycles. The molecule has 0 aliphatic carbocycles. The van der Waals surface area contributed by atoms with Gasteiger partial charge < -0.3 is 5.11 Å². The molecule has 0 radical (unpaired) electrons. The molecule has 0 saturated carbocycles. The summed E-state index contributed by atoms with van der Waals surface area (Å²) in [4.78, 5) is 11.9. The van der Waals surface area contributed by atoms with Crippen LogP contribution < -0.4 is 0 Å². The molecular formula is C15H13ClO2. The first-order valence-corrected chi connectivity index (χ1v) is 6.06. The first-order chi connectivity index (χ1) is 8.65. The molecule has 0 unspecified atom stereocenters. The van der Waals surface area contributed by atoms with Gasteiger partial charge in [-0.15, -0.1) is 0 Å². The fraction of sp³-hybridized carbons (Fsp3) is 0.133. The lowest BCUT2D eigenvalue weighted by atomic mass is 10.0. The predicted octanol–water partition coefficient (Wildman–Crippen LogP) is 3.40. The standard InChI is InChI=1S/C15H13ClO2/c16-15-10-13(17)7-6-12(15)9-14(18)8-11-4-2-1-3-5-11/h1-7,10,17H,8-9H2. The second-order valence-electron chi connectivity index (χ2n) is 4.15. The molecule has 0 aliphatic rings. The Bertz CT molecular complexity index is 550. The summed E-state index contributed by atoms with van der Waals surface area (Å²) >= 11 is 5.96. The van der Waals surface area contributed by atoms with Crippen LogP contribution in [0.2, 0.25) is 5.02 Å². The highest BCUT2D eigenvalue weighted by molar-refractivity contribution is 6.31. The number of phenolic OH excluding ortho intramolecular Hbond substituents is 1. The van der Waals surface area contributed by atoms with Crippen molar-refractivity contribution in [1.29, 1.82) is 0 Å². The molecule has 0 bridgehead atoms. The van der Waals surface area contributed by atoms with E-state index in [1.165, 1.54) is 12.1 Å². The van der Waals surface area contributed by atoms with Gasteiger partial charge in [0.15, 0.2) is 0 Å². The van der Waals surface area contributed by atoms with Gasteiger partial charge in [0.25, 0.3) is 0 Å². The molecule has 0 heterocycles. The number of halogens is 1. The lowest BCUT2D eigenvalue weighted by molar-refractivity contribution is -0.117. The van der Waals surface area contributed by atoms with Crippen LogP contribution in [-0.4, -0.2) is 10.9 Å². The highest BCUT2D eigenvalue weighted by Crippen LogP contribution is 2.22. The molecule has 0 atom stereocenters. The fourth-order valence-corrected chi connectivity index (χ4v) is 2.02. The normalized spacial score (nSPS) is 10.3. The van der Waals surface area contributed by atoms with Crippen LogP contribution in [0.3, 0.4) is 0 Å². The molecule has 18 heavy (non-hydrogen) atoms. The van der Waals surface area contributed by atoms with E-state index < -0.39 is 0 Å². The first-order valence-electron chi connectivity index (χ1n) is 5.68. The van der Waals surface area contributed by atoms with Crippen molar-refractivity contribution in [2.45, 2.75) is 12.8 Å². The van der Waals surface area contributed by atoms with Gasteiger partial charge in [-0.2, -0.15) is 0 Å². The second-order valence-corrected chi connectivity index (χ2v) is 4.56. The molecule has 0 aromatic heterocycles. The zero-order valence-electron chi connectivity index (χ0n) is 9.77. The fourth-order valence-electron chi connectivity index (χ4n) is 1.78. The van der Waals surface area contributed by atoms with Gasteiger partial charge in [0, 0.05) is 17.9 Å². The van der Waals surface area contributed by atoms with Gasteiger partial charge in [0.05, 0.1) is 0 Å². The van der Waals surface area contributed by atoms with Crippen molar-refractivity contribution in [2.24, 2.45) is 0 Å². The minimum absolute atomic E-state index is 0.105. The van der Waals surface area contributed by atoms with E-state index in [0.717, 1.165) is 11.1 Å². The van der Waals surface area contributed by atoms with Crippen LogP contribution in [0.15, 0.2) is 48.5 Å². The molecule has 2 rings (SSSR count). The van der Waals surface area contributed by atoms with E-state index in [1.807, 2.05) is 30.3 Å². The summed E-state index contributed by atoms with van der Waals surface area (Å²) < 4.78 is 0. The number of benzene rings is 2. The summed E-state index contributed by atoms with van der Waals surface area (Å²) in [6, 6.07) is 14.3. The smallest absolute Gasteiger partial charge is 0.141 e. The third-order valence-electron chi connectivity index (χ3n) is 2.67. The van der Waals surface area contributed by atoms with E-state index in [1.54, 1.807) is 6.07 Å². The van der Waals surface area contributed by atoms with Crippen molar-refractivity contribution in [1.82, 2.24) is 0 Å². The van der Waals surface area contributed by atoms with E-state index in [-0.39, 0.29) is 18.0 Å². The van der Waals surface area contributed by atoms with Gasteiger partial charge in [-0.25, -0.2) is 0 Å². The summed E-state index contributed by atoms with van der Waals surface area (Å²) in [7, 11) is 0. The Hall–Kier alpha value is -1.80. The van der Waals surface area contributed by atoms with Crippen LogP contribution in [0.4, 0.5) is 0 Å². The molecule has 0 aliphatic heterocycles. The zero-order valence-corrected chi connectivity index (χ0v) is 10.5. The number of rotatable bonds is 4. The van der Waals surface area contributed by atoms with Crippen molar-refractivity contribution in [3.05, 3.63) is 64.7 Å². The van der Waals surface area contributed by atoms with Crippen LogP contribution in [0, 0.1) is 0 Å². The van der Waals surface area contributed by atoms with Crippen LogP contribution in [0.25, 0.3) is 0 Å². The van der Waals surface area contributed by atoms with E-state index in [4.69, 9.17) is 11.6 Å². The largest absolute Gasteiger partial charge is 0.508 e. The minimum Gasteiger partial charge on any atom is -0.508 e. The Morgan fingerprint density at radius 2 is 1.78 bits per heavy atom. The average Bonchev–Trinajstić information content (AvgIpc) is 2.34. The number of carbonyl (C=O) groups excluding carboxylic acids is 1. The van der Waals surface area contributed by atoms with Gasteiger partial charge >= 0.3 is 0 Å². The molecule has 2 nitrogen and oxygen atoms in total. The van der Waals surface area contributed by atoms with Crippen LogP contribution in [0.1, 0.15) is 11.1 Å². The number of phenols is 1. The third kappa shape index (κ3) is 3.34. The van der Waals surface area contributed by atoms with Gasteiger partial charge in [-0.1, -0.05) is 48.0 Å². The zero-order chi connectivity index (χ0) is 13.0. The number of hydrogen-bond donors (Lipinski definition) is 1. The van der Waals surface area contributed by atoms with Gasteiger partial charge in [0.1, 0.15) is 11.5 Å². The van der Waals surface area contributed by atoms with Crippen molar-refractivity contribution >= 4 is 17.4 Å². The van der Waals surface area contributed by atoms with E-state index in [0.29, 0.717) is 11.4 Å². The lowest BCUT2D eigenvalue weighted by Crippen LogP contribution is -2.06. The molecule has 3 heteroatoms. The van der Waals surface area contributed by atoms with E-state index >= 15 is 0 Å². The predicted molar refractivity (Wildman–Crippen MR) is 72.0 cm³/mol. The molecule has 2 aromatic rings. The molecule has 1 N–H and O–H groups in total. The average molecular weight is 261 g/mol. The lowest BCUT2D eigenvalue weighted by Gasteiger charge is -2.04. The number of aromatic hydroxyl groups is 1. The van der Waals surface area contributed by atoms with Gasteiger partial charge in [-0.3, -0.25) is 4.79 Å². The summed E-state index contributed by atoms with van der Waals surface area (Å²) in [6.07, 6.45) is 0.687. The van der Waals surface area contributed by atoms with Crippen LogP contribution in [-0.2, 0) is 17.6 Å². The molecule has 0 amide bonds. The molecule has 0 fully saturated rings. The SMILES string of the molecule is O=C(Cc1ccccc1)Cc1ccc(O)cc1Cl. The quantitative estimate of drug-likeness (QED) is 0.915.